The summed E-state index contributed by atoms with van der Waals surface area (Å²) in [5.41, 5.74) is -1.33. The molecule has 2 aliphatic rings. The predicted octanol–water partition coefficient (Wildman–Crippen LogP) is -1.16. The summed E-state index contributed by atoms with van der Waals surface area (Å²) >= 11 is 5.72. The molecule has 1 saturated heterocycles. The zero-order valence-electron chi connectivity index (χ0n) is 19.1. The average molecular weight is 511 g/mol. The average Bonchev–Trinajstić information content (AvgIpc) is 3.18. The van der Waals surface area contributed by atoms with Crippen LogP contribution in [0, 0.1) is 0 Å². The van der Waals surface area contributed by atoms with Gasteiger partial charge in [0.05, 0.1) is 15.7 Å². The molecule has 1 fully saturated rings. The van der Waals surface area contributed by atoms with Crippen LogP contribution in [0.3, 0.4) is 0 Å². The number of nitrogens with one attached hydrogen (secondary N) is 1. The van der Waals surface area contributed by atoms with Gasteiger partial charge in [0.15, 0.2) is 0 Å². The molecule has 10 radical (unpaired) electrons. The molecule has 0 bridgehead atoms. The second-order valence-electron chi connectivity index (χ2n) is 8.76. The largest absolute Gasteiger partial charge is 0.398 e. The molecule has 2 aromatic carbocycles. The minimum Gasteiger partial charge on any atom is -0.398 e. The van der Waals surface area contributed by atoms with Gasteiger partial charge in [0, 0.05) is 29.1 Å². The van der Waals surface area contributed by atoms with Crippen molar-refractivity contribution in [3.63, 3.8) is 0 Å². The molecular weight excluding hydrogens is 498 g/mol. The summed E-state index contributed by atoms with van der Waals surface area (Å²) in [7, 11) is 30.1. The fourth-order valence-electron chi connectivity index (χ4n) is 4.37. The summed E-state index contributed by atoms with van der Waals surface area (Å²) in [6.07, 6.45) is 0.104. The molecule has 7 nitrogen and oxygen atoms in total. The van der Waals surface area contributed by atoms with Crippen LogP contribution < -0.4 is 16.2 Å². The number of hydrogen-bond acceptors (Lipinski definition) is 4. The van der Waals surface area contributed by atoms with Gasteiger partial charge in [0.1, 0.15) is 21.7 Å². The van der Waals surface area contributed by atoms with Gasteiger partial charge in [-0.1, -0.05) is 40.7 Å². The highest BCUT2D eigenvalue weighted by molar-refractivity contribution is 6.48. The van der Waals surface area contributed by atoms with Crippen LogP contribution in [0.1, 0.15) is 39.9 Å². The molecule has 0 aliphatic carbocycles. The number of nitrogens with zero attached hydrogens (tertiary/aromatic N) is 2. The molecule has 176 valence electrons. The van der Waals surface area contributed by atoms with E-state index in [9.17, 15) is 28.0 Å². The zero-order valence-corrected chi connectivity index (χ0v) is 19.9. The van der Waals surface area contributed by atoms with Gasteiger partial charge in [-0.15, -0.1) is 0 Å². The van der Waals surface area contributed by atoms with E-state index in [1.165, 1.54) is 17.0 Å². The lowest BCUT2D eigenvalue weighted by Gasteiger charge is -2.42. The Labute approximate surface area is 222 Å². The van der Waals surface area contributed by atoms with Gasteiger partial charge in [-0.25, -0.2) is 0 Å². The third kappa shape index (κ3) is 4.49. The van der Waals surface area contributed by atoms with E-state index in [0.717, 1.165) is 18.2 Å². The molecule has 2 aliphatic heterocycles. The molecule has 4 rings (SSSR count). The Morgan fingerprint density at radius 3 is 2.35 bits per heavy atom. The first kappa shape index (κ1) is 27.0. The van der Waals surface area contributed by atoms with Crippen molar-refractivity contribution in [2.24, 2.45) is 0 Å². The zero-order chi connectivity index (χ0) is 27.4. The van der Waals surface area contributed by atoms with Crippen LogP contribution in [0.2, 0.25) is 5.02 Å². The Hall–Kier alpha value is -3.01. The Morgan fingerprint density at radius 1 is 1.14 bits per heavy atom. The minimum absolute atomic E-state index is 0.0214. The highest BCUT2D eigenvalue weighted by atomic mass is 35.5. The third-order valence-corrected chi connectivity index (χ3v) is 6.67. The topological polar surface area (TPSA) is 86.8 Å². The predicted molar refractivity (Wildman–Crippen MR) is 134 cm³/mol. The van der Waals surface area contributed by atoms with Crippen LogP contribution in [-0.4, -0.2) is 78.7 Å². The van der Waals surface area contributed by atoms with Crippen molar-refractivity contribution in [2.75, 3.05) is 0 Å². The van der Waals surface area contributed by atoms with Crippen molar-refractivity contribution in [3.05, 3.63) is 57.6 Å². The molecule has 0 aromatic heterocycles. The summed E-state index contributed by atoms with van der Waals surface area (Å²) in [5.74, 6) is -7.84. The molecule has 1 N–H and O–H groups in total. The molecule has 1 atom stereocenters. The standard InChI is InChI=1S/C22H13B5ClF2N3O4/c23-13-7-12(22(25,26)33(27)20(37)21(29,30)9-1-3-10(28)4-2-9)17(24)11-8-32(19(36)16(11)13)14-5-6-15(34)31-18(14)35/h1-4,7,14H,5-6,8H2,(H,31,34,35). The summed E-state index contributed by atoms with van der Waals surface area (Å²) < 4.78 is 29.9. The number of alkyl halides is 2. The van der Waals surface area contributed by atoms with Gasteiger partial charge >= 0.3 is 5.92 Å². The van der Waals surface area contributed by atoms with E-state index in [4.69, 9.17) is 51.0 Å². The quantitative estimate of drug-likeness (QED) is 0.406. The molecule has 0 saturated carbocycles. The highest BCUT2D eigenvalue weighted by Crippen LogP contribution is 2.34. The number of benzene rings is 2. The Bertz CT molecular complexity index is 1340. The first-order valence-corrected chi connectivity index (χ1v) is 11.2. The van der Waals surface area contributed by atoms with Crippen molar-refractivity contribution >= 4 is 85.5 Å². The van der Waals surface area contributed by atoms with Crippen LogP contribution in [-0.2, 0) is 32.2 Å². The Morgan fingerprint density at radius 2 is 1.76 bits per heavy atom. The lowest BCUT2D eigenvalue weighted by molar-refractivity contribution is -0.155. The summed E-state index contributed by atoms with van der Waals surface area (Å²) in [6, 6.07) is 4.32. The van der Waals surface area contributed by atoms with E-state index in [0.29, 0.717) is 0 Å². The Balaban J connectivity index is 1.68. The maximum absolute atomic E-state index is 15.0. The molecule has 4 amide bonds. The third-order valence-electron chi connectivity index (χ3n) is 6.42. The second-order valence-corrected chi connectivity index (χ2v) is 9.20. The van der Waals surface area contributed by atoms with Crippen molar-refractivity contribution in [3.8, 4) is 0 Å². The minimum atomic E-state index is -4.14. The van der Waals surface area contributed by atoms with Gasteiger partial charge < -0.3 is 9.71 Å². The van der Waals surface area contributed by atoms with Crippen LogP contribution in [0.5, 0.6) is 0 Å². The maximum Gasteiger partial charge on any atom is 0.348 e. The van der Waals surface area contributed by atoms with Crippen molar-refractivity contribution in [2.45, 2.75) is 36.7 Å². The lowest BCUT2D eigenvalue weighted by atomic mass is 9.52. The highest BCUT2D eigenvalue weighted by Gasteiger charge is 2.47. The summed E-state index contributed by atoms with van der Waals surface area (Å²) in [4.78, 5) is 50.7. The summed E-state index contributed by atoms with van der Waals surface area (Å²) in [5, 5.41) is -0.257. The number of piperidine rings is 1. The van der Waals surface area contributed by atoms with Gasteiger partial charge in [0.25, 0.3) is 11.8 Å². The molecule has 1 unspecified atom stereocenters. The first-order chi connectivity index (χ1) is 17.2. The van der Waals surface area contributed by atoms with Gasteiger partial charge in [-0.3, -0.25) is 24.5 Å². The van der Waals surface area contributed by atoms with E-state index in [1.807, 2.05) is 0 Å². The van der Waals surface area contributed by atoms with Crippen LogP contribution in [0.4, 0.5) is 8.78 Å². The molecule has 0 spiro atoms. The molecule has 2 heterocycles. The SMILES string of the molecule is [B]c1cc(C([B])([B])N([B])C(=O)C(F)(F)c2ccc(Cl)cc2)c([B])c2c1C(=O)N(C1CCC(=O)NC1=O)C2. The van der Waals surface area contributed by atoms with Crippen LogP contribution in [0.25, 0.3) is 0 Å². The van der Waals surface area contributed by atoms with E-state index in [-0.39, 0.29) is 56.8 Å². The van der Waals surface area contributed by atoms with Crippen LogP contribution >= 0.6 is 11.6 Å². The smallest absolute Gasteiger partial charge is 0.348 e. The fraction of sp³-hybridized carbons (Fsp3) is 0.273. The van der Waals surface area contributed by atoms with Crippen molar-refractivity contribution in [1.82, 2.24) is 15.0 Å². The monoisotopic (exact) mass is 511 g/mol. The molecular formula is C22H13B5ClF2N3O4. The maximum atomic E-state index is 15.0. The molecule has 15 heteroatoms. The van der Waals surface area contributed by atoms with Gasteiger partial charge in [0.2, 0.25) is 19.8 Å². The van der Waals surface area contributed by atoms with Crippen molar-refractivity contribution in [1.29, 1.82) is 0 Å². The molecule has 2 aromatic rings. The normalized spacial score (nSPS) is 18.0. The number of fused-ring (bicyclic) bond motifs is 1. The van der Waals surface area contributed by atoms with E-state index >= 15 is 0 Å². The van der Waals surface area contributed by atoms with Crippen molar-refractivity contribution < 1.29 is 28.0 Å². The second kappa shape index (κ2) is 9.38. The Kier molecular flexibility index (Phi) is 6.86. The molecule has 37 heavy (non-hydrogen) atoms. The van der Waals surface area contributed by atoms with Gasteiger partial charge in [-0.05, 0) is 35.0 Å². The first-order valence-electron chi connectivity index (χ1n) is 10.8. The number of hydrogen-bond donors (Lipinski definition) is 1. The van der Waals surface area contributed by atoms with E-state index in [2.05, 4.69) is 5.32 Å². The number of halogens is 3. The van der Waals surface area contributed by atoms with E-state index in [1.54, 1.807) is 0 Å². The van der Waals surface area contributed by atoms with Crippen LogP contribution in [0.15, 0.2) is 30.3 Å². The lowest BCUT2D eigenvalue weighted by Crippen LogP contribution is -2.56. The fourth-order valence-corrected chi connectivity index (χ4v) is 4.50. The summed E-state index contributed by atoms with van der Waals surface area (Å²) in [6.45, 7) is -0.208. The van der Waals surface area contributed by atoms with Gasteiger partial charge in [-0.2, -0.15) is 8.78 Å². The number of rotatable bonds is 5. The number of carbonyl (C=O) groups excluding carboxylic acids is 4. The number of carbonyl (C=O) groups is 4. The van der Waals surface area contributed by atoms with E-state index < -0.39 is 46.5 Å². The number of amides is 4. The number of imide groups is 1.